The summed E-state index contributed by atoms with van der Waals surface area (Å²) in [6.07, 6.45) is 7.13. The highest BCUT2D eigenvalue weighted by Gasteiger charge is 2.25. The van der Waals surface area contributed by atoms with Crippen LogP contribution in [-0.4, -0.2) is 39.6 Å². The van der Waals surface area contributed by atoms with Crippen LogP contribution in [0.15, 0.2) is 47.3 Å². The van der Waals surface area contributed by atoms with Gasteiger partial charge in [0.2, 0.25) is 5.95 Å². The third-order valence-corrected chi connectivity index (χ3v) is 5.30. The van der Waals surface area contributed by atoms with E-state index in [1.165, 1.54) is 0 Å². The molecule has 1 N–H and O–H groups in total. The number of aryl methyl sites for hydroxylation is 1. The van der Waals surface area contributed by atoms with Gasteiger partial charge in [0, 0.05) is 42.9 Å². The zero-order chi connectivity index (χ0) is 19.5. The zero-order valence-corrected chi connectivity index (χ0v) is 16.3. The average Bonchev–Trinajstić information content (AvgIpc) is 3.33. The largest absolute Gasteiger partial charge is 0.467 e. The Morgan fingerprint density at radius 2 is 2.11 bits per heavy atom. The molecule has 3 aromatic heterocycles. The zero-order valence-electron chi connectivity index (χ0n) is 16.3. The maximum absolute atomic E-state index is 12.9. The summed E-state index contributed by atoms with van der Waals surface area (Å²) in [5, 5.41) is 3.20. The van der Waals surface area contributed by atoms with Gasteiger partial charge in [0.25, 0.3) is 5.91 Å². The summed E-state index contributed by atoms with van der Waals surface area (Å²) in [6.45, 7) is 6.26. The second-order valence-corrected chi connectivity index (χ2v) is 7.26. The van der Waals surface area contributed by atoms with Crippen LogP contribution in [0.4, 0.5) is 5.95 Å². The standard InChI is InChI=1S/C21H25N5O2/c1-15-12-19(16(2)26(15)14-18-7-4-11-28-18)20(27)24-17-6-3-10-25(13-17)21-22-8-5-9-23-21/h4-5,7-9,11-12,17H,3,6,10,13-14H2,1-2H3,(H,24,27)/t17-/m1/s1. The van der Waals surface area contributed by atoms with Crippen LogP contribution >= 0.6 is 0 Å². The van der Waals surface area contributed by atoms with Crippen molar-refractivity contribution < 1.29 is 9.21 Å². The van der Waals surface area contributed by atoms with Gasteiger partial charge in [-0.05, 0) is 51.0 Å². The van der Waals surface area contributed by atoms with E-state index in [2.05, 4.69) is 24.8 Å². The molecule has 4 heterocycles. The lowest BCUT2D eigenvalue weighted by Crippen LogP contribution is -2.48. The lowest BCUT2D eigenvalue weighted by atomic mass is 10.1. The molecular formula is C21H25N5O2. The topological polar surface area (TPSA) is 76.2 Å². The molecule has 0 bridgehead atoms. The average molecular weight is 379 g/mol. The maximum Gasteiger partial charge on any atom is 0.253 e. The van der Waals surface area contributed by atoms with Crippen LogP contribution in [0.5, 0.6) is 0 Å². The van der Waals surface area contributed by atoms with Gasteiger partial charge in [0.05, 0.1) is 18.4 Å². The minimum atomic E-state index is -0.0281. The second kappa shape index (κ2) is 7.88. The fourth-order valence-electron chi connectivity index (χ4n) is 3.83. The Bertz CT molecular complexity index is 933. The quantitative estimate of drug-likeness (QED) is 0.738. The van der Waals surface area contributed by atoms with E-state index in [-0.39, 0.29) is 11.9 Å². The number of furan rings is 1. The fourth-order valence-corrected chi connectivity index (χ4v) is 3.83. The molecule has 0 radical (unpaired) electrons. The van der Waals surface area contributed by atoms with Crippen LogP contribution in [0.3, 0.4) is 0 Å². The van der Waals surface area contributed by atoms with E-state index in [4.69, 9.17) is 4.42 Å². The summed E-state index contributed by atoms with van der Waals surface area (Å²) in [5.41, 5.74) is 2.71. The molecule has 1 fully saturated rings. The van der Waals surface area contributed by atoms with Crippen molar-refractivity contribution in [2.24, 2.45) is 0 Å². The first-order valence-electron chi connectivity index (χ1n) is 9.64. The molecule has 7 nitrogen and oxygen atoms in total. The Kier molecular flexibility index (Phi) is 5.14. The number of hydrogen-bond donors (Lipinski definition) is 1. The minimum absolute atomic E-state index is 0.0281. The first-order chi connectivity index (χ1) is 13.6. The predicted molar refractivity (Wildman–Crippen MR) is 106 cm³/mol. The van der Waals surface area contributed by atoms with E-state index in [9.17, 15) is 4.79 Å². The summed E-state index contributed by atoms with van der Waals surface area (Å²) < 4.78 is 7.56. The summed E-state index contributed by atoms with van der Waals surface area (Å²) >= 11 is 0. The maximum atomic E-state index is 12.9. The van der Waals surface area contributed by atoms with Crippen molar-refractivity contribution in [3.63, 3.8) is 0 Å². The Morgan fingerprint density at radius 3 is 2.86 bits per heavy atom. The van der Waals surface area contributed by atoms with Crippen molar-refractivity contribution in [1.82, 2.24) is 19.9 Å². The molecule has 1 saturated heterocycles. The van der Waals surface area contributed by atoms with E-state index < -0.39 is 0 Å². The smallest absolute Gasteiger partial charge is 0.253 e. The first-order valence-corrected chi connectivity index (χ1v) is 9.64. The number of amides is 1. The molecular weight excluding hydrogens is 354 g/mol. The molecule has 0 spiro atoms. The summed E-state index contributed by atoms with van der Waals surface area (Å²) in [7, 11) is 0. The van der Waals surface area contributed by atoms with Gasteiger partial charge < -0.3 is 19.2 Å². The molecule has 0 unspecified atom stereocenters. The Hall–Kier alpha value is -3.09. The van der Waals surface area contributed by atoms with Crippen molar-refractivity contribution in [1.29, 1.82) is 0 Å². The SMILES string of the molecule is Cc1cc(C(=O)N[C@@H]2CCCN(c3ncccn3)C2)c(C)n1Cc1ccco1. The van der Waals surface area contributed by atoms with Crippen LogP contribution in [-0.2, 0) is 6.54 Å². The van der Waals surface area contributed by atoms with Crippen LogP contribution in [0.2, 0.25) is 0 Å². The van der Waals surface area contributed by atoms with Crippen LogP contribution in [0.25, 0.3) is 0 Å². The fraction of sp³-hybridized carbons (Fsp3) is 0.381. The van der Waals surface area contributed by atoms with Crippen molar-refractivity contribution in [3.8, 4) is 0 Å². The van der Waals surface area contributed by atoms with Gasteiger partial charge in [-0.3, -0.25) is 4.79 Å². The molecule has 4 rings (SSSR count). The van der Waals surface area contributed by atoms with Gasteiger partial charge in [0.15, 0.2) is 0 Å². The molecule has 7 heteroatoms. The van der Waals surface area contributed by atoms with Gasteiger partial charge in [0.1, 0.15) is 5.76 Å². The number of carbonyl (C=O) groups is 1. The van der Waals surface area contributed by atoms with Gasteiger partial charge in [-0.15, -0.1) is 0 Å². The number of hydrogen-bond acceptors (Lipinski definition) is 5. The van der Waals surface area contributed by atoms with Gasteiger partial charge in [-0.2, -0.15) is 0 Å². The molecule has 1 atom stereocenters. The first kappa shape index (κ1) is 18.3. The normalized spacial score (nSPS) is 16.9. The summed E-state index contributed by atoms with van der Waals surface area (Å²) in [6, 6.07) is 7.67. The van der Waals surface area contributed by atoms with Crippen molar-refractivity contribution in [2.45, 2.75) is 39.3 Å². The molecule has 146 valence electrons. The van der Waals surface area contributed by atoms with Crippen molar-refractivity contribution in [2.75, 3.05) is 18.0 Å². The van der Waals surface area contributed by atoms with E-state index in [1.807, 2.05) is 38.1 Å². The van der Waals surface area contributed by atoms with Crippen LogP contribution < -0.4 is 10.2 Å². The highest BCUT2D eigenvalue weighted by molar-refractivity contribution is 5.96. The van der Waals surface area contributed by atoms with Crippen molar-refractivity contribution in [3.05, 3.63) is 65.6 Å². The van der Waals surface area contributed by atoms with E-state index in [0.29, 0.717) is 6.54 Å². The lowest BCUT2D eigenvalue weighted by molar-refractivity contribution is 0.0932. The third kappa shape index (κ3) is 3.78. The van der Waals surface area contributed by atoms with Crippen LogP contribution in [0, 0.1) is 13.8 Å². The number of anilines is 1. The van der Waals surface area contributed by atoms with Gasteiger partial charge in [-0.1, -0.05) is 0 Å². The van der Waals surface area contributed by atoms with Gasteiger partial charge >= 0.3 is 0 Å². The van der Waals surface area contributed by atoms with E-state index in [0.717, 1.165) is 54.6 Å². The number of carbonyl (C=O) groups excluding carboxylic acids is 1. The van der Waals surface area contributed by atoms with E-state index in [1.54, 1.807) is 18.7 Å². The molecule has 1 aliphatic rings. The minimum Gasteiger partial charge on any atom is -0.467 e. The highest BCUT2D eigenvalue weighted by atomic mass is 16.3. The lowest BCUT2D eigenvalue weighted by Gasteiger charge is -2.33. The Balaban J connectivity index is 1.45. The monoisotopic (exact) mass is 379 g/mol. The summed E-state index contributed by atoms with van der Waals surface area (Å²) in [5.74, 6) is 1.57. The summed E-state index contributed by atoms with van der Waals surface area (Å²) in [4.78, 5) is 23.7. The number of nitrogens with one attached hydrogen (secondary N) is 1. The molecule has 1 aliphatic heterocycles. The number of rotatable bonds is 5. The second-order valence-electron chi connectivity index (χ2n) is 7.26. The molecule has 0 aliphatic carbocycles. The molecule has 0 saturated carbocycles. The Morgan fingerprint density at radius 1 is 1.29 bits per heavy atom. The van der Waals surface area contributed by atoms with E-state index >= 15 is 0 Å². The van der Waals surface area contributed by atoms with Gasteiger partial charge in [-0.25, -0.2) is 9.97 Å². The molecule has 0 aromatic carbocycles. The number of aromatic nitrogens is 3. The number of piperidine rings is 1. The number of nitrogens with zero attached hydrogens (tertiary/aromatic N) is 4. The van der Waals surface area contributed by atoms with Crippen LogP contribution in [0.1, 0.15) is 40.3 Å². The Labute approximate surface area is 164 Å². The predicted octanol–water partition coefficient (Wildman–Crippen LogP) is 2.94. The molecule has 1 amide bonds. The third-order valence-electron chi connectivity index (χ3n) is 5.30. The molecule has 3 aromatic rings. The highest BCUT2D eigenvalue weighted by Crippen LogP contribution is 2.19. The molecule has 28 heavy (non-hydrogen) atoms. The van der Waals surface area contributed by atoms with Crippen molar-refractivity contribution >= 4 is 11.9 Å².